The molecule has 1 aliphatic rings. The molecular weight excluding hydrogens is 490 g/mol. The molecule has 0 spiro atoms. The summed E-state index contributed by atoms with van der Waals surface area (Å²) < 4.78 is 29.9. The number of piperazine rings is 1. The first kappa shape index (κ1) is 26.0. The van der Waals surface area contributed by atoms with E-state index in [-0.39, 0.29) is 42.9 Å². The number of fused-ring (bicyclic) bond motifs is 1. The number of aliphatic hydroxyl groups excluding tert-OH is 2. The molecule has 0 atom stereocenters. The van der Waals surface area contributed by atoms with E-state index in [1.165, 1.54) is 36.4 Å². The first-order valence-corrected chi connectivity index (χ1v) is 13.4. The highest BCUT2D eigenvalue weighted by Gasteiger charge is 2.36. The van der Waals surface area contributed by atoms with Gasteiger partial charge in [0.15, 0.2) is 0 Å². The Labute approximate surface area is 209 Å². The summed E-state index contributed by atoms with van der Waals surface area (Å²) >= 11 is 0. The number of carboxylic acid groups (broad SMARTS) is 1. The number of rotatable bonds is 7. The van der Waals surface area contributed by atoms with Crippen molar-refractivity contribution in [3.05, 3.63) is 76.9 Å². The highest BCUT2D eigenvalue weighted by atomic mass is 32.3. The average molecular weight is 519 g/mol. The van der Waals surface area contributed by atoms with E-state index < -0.39 is 27.8 Å². The van der Waals surface area contributed by atoms with Gasteiger partial charge in [-0.05, 0) is 59.2 Å². The Hall–Kier alpha value is -3.05. The SMILES string of the molecule is Cc1c(CC(=O)O)cc2ccc(F)cc2c1C(=O)N1CCN(S(CO)(CO)c2cccc(F)c2)CC1. The third kappa shape index (κ3) is 4.81. The topological polar surface area (TPSA) is 101 Å². The van der Waals surface area contributed by atoms with Crippen LogP contribution >= 0.6 is 10.2 Å². The first-order valence-electron chi connectivity index (χ1n) is 11.4. The van der Waals surface area contributed by atoms with Gasteiger partial charge in [-0.2, -0.15) is 0 Å². The number of hydrogen-bond acceptors (Lipinski definition) is 5. The molecule has 3 aromatic carbocycles. The molecule has 4 rings (SSSR count). The normalized spacial score (nSPS) is 15.3. The van der Waals surface area contributed by atoms with Crippen molar-refractivity contribution in [3.8, 4) is 0 Å². The number of hydrogen-bond donors (Lipinski definition) is 3. The van der Waals surface area contributed by atoms with Crippen LogP contribution in [0.5, 0.6) is 0 Å². The van der Waals surface area contributed by atoms with Gasteiger partial charge in [-0.1, -0.05) is 18.2 Å². The fraction of sp³-hybridized carbons (Fsp3) is 0.308. The number of carboxylic acids is 1. The van der Waals surface area contributed by atoms with Gasteiger partial charge in [-0.15, -0.1) is 10.2 Å². The maximum Gasteiger partial charge on any atom is 0.307 e. The molecule has 1 amide bonds. The molecule has 3 aromatic rings. The molecular formula is C26H28F2N2O5S. The molecule has 192 valence electrons. The minimum Gasteiger partial charge on any atom is -0.481 e. The predicted molar refractivity (Wildman–Crippen MR) is 134 cm³/mol. The van der Waals surface area contributed by atoms with Crippen molar-refractivity contribution in [2.75, 3.05) is 38.1 Å². The number of nitrogens with zero attached hydrogens (tertiary/aromatic N) is 2. The van der Waals surface area contributed by atoms with Gasteiger partial charge in [0, 0.05) is 31.1 Å². The Kier molecular flexibility index (Phi) is 7.60. The van der Waals surface area contributed by atoms with Crippen LogP contribution in [-0.4, -0.2) is 74.5 Å². The van der Waals surface area contributed by atoms with Gasteiger partial charge in [-0.25, -0.2) is 8.78 Å². The molecule has 36 heavy (non-hydrogen) atoms. The summed E-state index contributed by atoms with van der Waals surface area (Å²) in [5.41, 5.74) is 1.25. The van der Waals surface area contributed by atoms with Crippen molar-refractivity contribution >= 4 is 32.9 Å². The maximum atomic E-state index is 14.1. The predicted octanol–water partition coefficient (Wildman–Crippen LogP) is 3.49. The molecule has 1 aliphatic heterocycles. The Morgan fingerprint density at radius 1 is 0.944 bits per heavy atom. The number of benzene rings is 3. The number of aliphatic hydroxyl groups is 2. The van der Waals surface area contributed by atoms with Crippen molar-refractivity contribution in [2.45, 2.75) is 18.2 Å². The molecule has 0 radical (unpaired) electrons. The third-order valence-electron chi connectivity index (χ3n) is 6.71. The molecule has 1 heterocycles. The van der Waals surface area contributed by atoms with Crippen molar-refractivity contribution < 1.29 is 33.7 Å². The third-order valence-corrected chi connectivity index (χ3v) is 10.0. The van der Waals surface area contributed by atoms with Gasteiger partial charge in [0.25, 0.3) is 5.91 Å². The van der Waals surface area contributed by atoms with E-state index in [1.54, 1.807) is 24.0 Å². The maximum absolute atomic E-state index is 14.1. The van der Waals surface area contributed by atoms with E-state index in [0.29, 0.717) is 39.9 Å². The molecule has 1 saturated heterocycles. The second-order valence-corrected chi connectivity index (χ2v) is 11.9. The summed E-state index contributed by atoms with van der Waals surface area (Å²) in [4.78, 5) is 27.2. The van der Waals surface area contributed by atoms with Crippen LogP contribution in [0, 0.1) is 18.6 Å². The van der Waals surface area contributed by atoms with Crippen molar-refractivity contribution in [2.24, 2.45) is 0 Å². The van der Waals surface area contributed by atoms with E-state index in [9.17, 15) is 33.7 Å². The minimum absolute atomic E-state index is 0.264. The Morgan fingerprint density at radius 2 is 1.61 bits per heavy atom. The summed E-state index contributed by atoms with van der Waals surface area (Å²) in [6.07, 6.45) is -0.264. The van der Waals surface area contributed by atoms with E-state index >= 15 is 0 Å². The lowest BCUT2D eigenvalue weighted by Gasteiger charge is -2.50. The van der Waals surface area contributed by atoms with Crippen LogP contribution in [-0.2, 0) is 11.2 Å². The Morgan fingerprint density at radius 3 is 2.22 bits per heavy atom. The Bertz CT molecular complexity index is 1310. The number of amides is 1. The summed E-state index contributed by atoms with van der Waals surface area (Å²) in [6.45, 7) is 2.87. The van der Waals surface area contributed by atoms with Gasteiger partial charge < -0.3 is 20.2 Å². The zero-order valence-corrected chi connectivity index (χ0v) is 20.6. The van der Waals surface area contributed by atoms with Crippen LogP contribution in [0.15, 0.2) is 53.4 Å². The molecule has 1 fully saturated rings. The first-order chi connectivity index (χ1) is 17.2. The lowest BCUT2D eigenvalue weighted by molar-refractivity contribution is -0.136. The van der Waals surface area contributed by atoms with Crippen LogP contribution in [0.1, 0.15) is 21.5 Å². The van der Waals surface area contributed by atoms with Crippen LogP contribution in [0.25, 0.3) is 10.8 Å². The van der Waals surface area contributed by atoms with Gasteiger partial charge >= 0.3 is 5.97 Å². The molecule has 0 saturated carbocycles. The van der Waals surface area contributed by atoms with E-state index in [4.69, 9.17) is 0 Å². The van der Waals surface area contributed by atoms with Crippen LogP contribution in [0.2, 0.25) is 0 Å². The van der Waals surface area contributed by atoms with Crippen LogP contribution < -0.4 is 0 Å². The van der Waals surface area contributed by atoms with Gasteiger partial charge in [0.2, 0.25) is 0 Å². The largest absolute Gasteiger partial charge is 0.481 e. The number of carbonyl (C=O) groups excluding carboxylic acids is 1. The zero-order chi connectivity index (χ0) is 26.0. The molecule has 0 aromatic heterocycles. The molecule has 0 aliphatic carbocycles. The van der Waals surface area contributed by atoms with E-state index in [2.05, 4.69) is 0 Å². The van der Waals surface area contributed by atoms with Crippen molar-refractivity contribution in [3.63, 3.8) is 0 Å². The average Bonchev–Trinajstić information content (AvgIpc) is 2.86. The minimum atomic E-state index is -2.31. The van der Waals surface area contributed by atoms with Crippen molar-refractivity contribution in [1.82, 2.24) is 9.21 Å². The summed E-state index contributed by atoms with van der Waals surface area (Å²) in [5, 5.41) is 30.8. The van der Waals surface area contributed by atoms with Crippen LogP contribution in [0.3, 0.4) is 0 Å². The molecule has 0 bridgehead atoms. The summed E-state index contributed by atoms with van der Waals surface area (Å²) in [6, 6.07) is 11.6. The fourth-order valence-electron chi connectivity index (χ4n) is 4.76. The molecule has 0 unspecified atom stereocenters. The standard InChI is InChI=1S/C26H28F2N2O5S/c1-17-19(12-24(33)34)11-18-5-6-21(28)14-23(18)25(17)26(35)29-7-9-30(10-8-29)36(15-31,16-32)22-4-2-3-20(27)13-22/h2-6,11,13-14,31-32H,7-10,12,15-16H2,1H3,(H,33,34). The van der Waals surface area contributed by atoms with Gasteiger partial charge in [-0.3, -0.25) is 13.9 Å². The van der Waals surface area contributed by atoms with Crippen molar-refractivity contribution in [1.29, 1.82) is 0 Å². The highest BCUT2D eigenvalue weighted by Crippen LogP contribution is 2.57. The van der Waals surface area contributed by atoms with E-state index in [1.807, 2.05) is 4.31 Å². The van der Waals surface area contributed by atoms with Gasteiger partial charge in [0.05, 0.1) is 23.9 Å². The molecule has 7 nitrogen and oxygen atoms in total. The quantitative estimate of drug-likeness (QED) is 0.443. The molecule has 10 heteroatoms. The lowest BCUT2D eigenvalue weighted by atomic mass is 9.92. The van der Waals surface area contributed by atoms with Crippen LogP contribution in [0.4, 0.5) is 8.78 Å². The Balaban J connectivity index is 1.64. The van der Waals surface area contributed by atoms with E-state index in [0.717, 1.165) is 0 Å². The summed E-state index contributed by atoms with van der Waals surface area (Å²) in [7, 11) is -2.31. The number of halogens is 2. The second-order valence-electron chi connectivity index (χ2n) is 8.75. The molecule has 3 N–H and O–H groups in total. The fourth-order valence-corrected chi connectivity index (χ4v) is 7.29. The van der Waals surface area contributed by atoms with Gasteiger partial charge in [0.1, 0.15) is 11.6 Å². The summed E-state index contributed by atoms with van der Waals surface area (Å²) in [5.74, 6) is -3.05. The zero-order valence-electron chi connectivity index (χ0n) is 19.8. The monoisotopic (exact) mass is 518 g/mol. The second kappa shape index (κ2) is 10.5. The smallest absolute Gasteiger partial charge is 0.307 e. The lowest BCUT2D eigenvalue weighted by Crippen LogP contribution is -2.50. The number of aliphatic carboxylic acids is 1. The highest BCUT2D eigenvalue weighted by molar-refractivity contribution is 8.31. The number of carbonyl (C=O) groups is 2.